The Hall–Kier alpha value is -2.82. The number of carbonyl (C=O) groups excluding carboxylic acids is 2. The first kappa shape index (κ1) is 17.0. The highest BCUT2D eigenvalue weighted by Gasteiger charge is 2.30. The van der Waals surface area contributed by atoms with Crippen molar-refractivity contribution in [3.63, 3.8) is 0 Å². The maximum atomic E-state index is 12.9. The van der Waals surface area contributed by atoms with Gasteiger partial charge in [-0.3, -0.25) is 4.79 Å². The second-order valence-electron chi connectivity index (χ2n) is 6.13. The van der Waals surface area contributed by atoms with Crippen molar-refractivity contribution in [1.82, 2.24) is 4.90 Å². The van der Waals surface area contributed by atoms with E-state index in [1.807, 2.05) is 18.2 Å². The van der Waals surface area contributed by atoms with Crippen LogP contribution in [0.1, 0.15) is 41.3 Å². The van der Waals surface area contributed by atoms with Crippen molar-refractivity contribution in [3.05, 3.63) is 65.7 Å². The highest BCUT2D eigenvalue weighted by atomic mass is 16.5. The summed E-state index contributed by atoms with van der Waals surface area (Å²) in [6.45, 7) is 1.39. The monoisotopic (exact) mass is 339 g/mol. The number of carbonyl (C=O) groups is 2. The number of ether oxygens (including phenoxy) is 1. The molecule has 1 N–H and O–H groups in total. The van der Waals surface area contributed by atoms with Gasteiger partial charge >= 0.3 is 5.97 Å². The van der Waals surface area contributed by atoms with Gasteiger partial charge in [-0.25, -0.2) is 4.79 Å². The first-order valence-electron chi connectivity index (χ1n) is 8.49. The third kappa shape index (κ3) is 4.18. The molecule has 3 rings (SSSR count). The Morgan fingerprint density at radius 1 is 0.920 bits per heavy atom. The zero-order valence-corrected chi connectivity index (χ0v) is 13.9. The van der Waals surface area contributed by atoms with Gasteiger partial charge in [-0.15, -0.1) is 0 Å². The molecule has 25 heavy (non-hydrogen) atoms. The Bertz CT molecular complexity index is 721. The third-order valence-electron chi connectivity index (χ3n) is 4.32. The lowest BCUT2D eigenvalue weighted by molar-refractivity contribution is -0.142. The molecule has 1 saturated heterocycles. The van der Waals surface area contributed by atoms with Crippen LogP contribution in [0.3, 0.4) is 0 Å². The fourth-order valence-electron chi connectivity index (χ4n) is 2.94. The molecule has 0 saturated carbocycles. The van der Waals surface area contributed by atoms with Crippen LogP contribution in [-0.2, 0) is 9.53 Å². The third-order valence-corrected chi connectivity index (χ3v) is 4.32. The van der Waals surface area contributed by atoms with Gasteiger partial charge in [0, 0.05) is 18.7 Å². The molecule has 5 heteroatoms. The number of amides is 1. The molecular weight excluding hydrogens is 318 g/mol. The molecule has 0 aromatic heterocycles. The number of phenols is 1. The molecule has 1 heterocycles. The molecule has 130 valence electrons. The number of hydrogen-bond acceptors (Lipinski definition) is 4. The maximum Gasteiger partial charge on any atom is 0.339 e. The van der Waals surface area contributed by atoms with Crippen LogP contribution >= 0.6 is 0 Å². The molecule has 0 bridgehead atoms. The smallest absolute Gasteiger partial charge is 0.339 e. The lowest BCUT2D eigenvalue weighted by Gasteiger charge is -2.30. The Kier molecular flexibility index (Phi) is 5.33. The minimum atomic E-state index is -0.958. The van der Waals surface area contributed by atoms with E-state index in [0.717, 1.165) is 19.3 Å². The molecule has 1 amide bonds. The summed E-state index contributed by atoms with van der Waals surface area (Å²) < 4.78 is 5.57. The van der Waals surface area contributed by atoms with Crippen molar-refractivity contribution in [2.45, 2.75) is 25.4 Å². The van der Waals surface area contributed by atoms with Gasteiger partial charge in [-0.1, -0.05) is 30.3 Å². The van der Waals surface area contributed by atoms with Crippen LogP contribution in [0, 0.1) is 0 Å². The van der Waals surface area contributed by atoms with Crippen molar-refractivity contribution in [2.24, 2.45) is 0 Å². The first-order valence-corrected chi connectivity index (χ1v) is 8.49. The minimum Gasteiger partial charge on any atom is -0.508 e. The van der Waals surface area contributed by atoms with E-state index in [9.17, 15) is 14.7 Å². The number of esters is 1. The number of piperidine rings is 1. The number of benzene rings is 2. The quantitative estimate of drug-likeness (QED) is 0.868. The van der Waals surface area contributed by atoms with Crippen LogP contribution < -0.4 is 0 Å². The number of aromatic hydroxyl groups is 1. The summed E-state index contributed by atoms with van der Waals surface area (Å²) >= 11 is 0. The fourth-order valence-corrected chi connectivity index (χ4v) is 2.94. The Balaban J connectivity index is 1.82. The molecule has 0 unspecified atom stereocenters. The lowest BCUT2D eigenvalue weighted by Crippen LogP contribution is -2.40. The molecular formula is C20H21NO4. The summed E-state index contributed by atoms with van der Waals surface area (Å²) in [6.07, 6.45) is 2.10. The van der Waals surface area contributed by atoms with E-state index in [0.29, 0.717) is 24.2 Å². The van der Waals surface area contributed by atoms with Crippen molar-refractivity contribution >= 4 is 11.9 Å². The van der Waals surface area contributed by atoms with Crippen molar-refractivity contribution in [3.8, 4) is 5.75 Å². The molecule has 0 aliphatic carbocycles. The van der Waals surface area contributed by atoms with Crippen LogP contribution in [0.15, 0.2) is 54.6 Å². The fraction of sp³-hybridized carbons (Fsp3) is 0.300. The predicted octanol–water partition coefficient (Wildman–Crippen LogP) is 3.30. The van der Waals surface area contributed by atoms with E-state index in [4.69, 9.17) is 4.74 Å². The summed E-state index contributed by atoms with van der Waals surface area (Å²) in [5.74, 6) is -0.696. The topological polar surface area (TPSA) is 66.8 Å². The SMILES string of the molecule is O=C(O[C@@H](C(=O)N1CCCCC1)c1ccccc1)c1ccc(O)cc1. The van der Waals surface area contributed by atoms with Crippen LogP contribution in [0.4, 0.5) is 0 Å². The van der Waals surface area contributed by atoms with E-state index < -0.39 is 12.1 Å². The molecule has 1 fully saturated rings. The summed E-state index contributed by atoms with van der Waals surface area (Å²) in [4.78, 5) is 27.1. The average Bonchev–Trinajstić information content (AvgIpc) is 2.67. The van der Waals surface area contributed by atoms with E-state index in [1.165, 1.54) is 24.3 Å². The maximum absolute atomic E-state index is 12.9. The van der Waals surface area contributed by atoms with E-state index in [1.54, 1.807) is 17.0 Å². The summed E-state index contributed by atoms with van der Waals surface area (Å²) in [6, 6.07) is 14.9. The molecule has 5 nitrogen and oxygen atoms in total. The lowest BCUT2D eigenvalue weighted by atomic mass is 10.1. The molecule has 2 aromatic rings. The summed E-state index contributed by atoms with van der Waals surface area (Å²) in [7, 11) is 0. The zero-order valence-electron chi connectivity index (χ0n) is 13.9. The van der Waals surface area contributed by atoms with Gasteiger partial charge < -0.3 is 14.7 Å². The minimum absolute atomic E-state index is 0.0700. The van der Waals surface area contributed by atoms with Crippen LogP contribution in [0.25, 0.3) is 0 Å². The molecule has 0 radical (unpaired) electrons. The van der Waals surface area contributed by atoms with Gasteiger partial charge in [0.25, 0.3) is 5.91 Å². The highest BCUT2D eigenvalue weighted by Crippen LogP contribution is 2.24. The second kappa shape index (κ2) is 7.83. The summed E-state index contributed by atoms with van der Waals surface area (Å²) in [5, 5.41) is 9.34. The van der Waals surface area contributed by atoms with Crippen molar-refractivity contribution < 1.29 is 19.4 Å². The van der Waals surface area contributed by atoms with Gasteiger partial charge in [0.05, 0.1) is 5.56 Å². The van der Waals surface area contributed by atoms with Gasteiger partial charge in [-0.2, -0.15) is 0 Å². The van der Waals surface area contributed by atoms with Gasteiger partial charge in [-0.05, 0) is 43.5 Å². The number of phenolic OH excluding ortho intramolecular Hbond substituents is 1. The normalized spacial score (nSPS) is 15.4. The molecule has 1 aliphatic heterocycles. The Morgan fingerprint density at radius 3 is 2.20 bits per heavy atom. The van der Waals surface area contributed by atoms with E-state index >= 15 is 0 Å². The van der Waals surface area contributed by atoms with Crippen LogP contribution in [0.2, 0.25) is 0 Å². The number of nitrogens with zero attached hydrogens (tertiary/aromatic N) is 1. The molecule has 1 aliphatic rings. The Morgan fingerprint density at radius 2 is 1.56 bits per heavy atom. The predicted molar refractivity (Wildman–Crippen MR) is 93.1 cm³/mol. The number of rotatable bonds is 4. The first-order chi connectivity index (χ1) is 12.1. The summed E-state index contributed by atoms with van der Waals surface area (Å²) in [5.41, 5.74) is 0.954. The van der Waals surface area contributed by atoms with Gasteiger partial charge in [0.15, 0.2) is 0 Å². The number of likely N-dealkylation sites (tertiary alicyclic amines) is 1. The van der Waals surface area contributed by atoms with E-state index in [-0.39, 0.29) is 11.7 Å². The van der Waals surface area contributed by atoms with Gasteiger partial charge in [0.1, 0.15) is 5.75 Å². The average molecular weight is 339 g/mol. The standard InChI is InChI=1S/C20H21NO4/c22-17-11-9-16(10-12-17)20(24)25-18(15-7-3-1-4-8-15)19(23)21-13-5-2-6-14-21/h1,3-4,7-12,18,22H,2,5-6,13-14H2/t18-/m1/s1. The molecule has 1 atom stereocenters. The molecule has 2 aromatic carbocycles. The van der Waals surface area contributed by atoms with Crippen LogP contribution in [0.5, 0.6) is 5.75 Å². The Labute approximate surface area is 146 Å². The van der Waals surface area contributed by atoms with E-state index in [2.05, 4.69) is 0 Å². The van der Waals surface area contributed by atoms with Crippen molar-refractivity contribution in [1.29, 1.82) is 0 Å². The second-order valence-corrected chi connectivity index (χ2v) is 6.13. The largest absolute Gasteiger partial charge is 0.508 e. The van der Waals surface area contributed by atoms with Crippen LogP contribution in [-0.4, -0.2) is 35.0 Å². The zero-order chi connectivity index (χ0) is 17.6. The molecule has 0 spiro atoms. The number of hydrogen-bond donors (Lipinski definition) is 1. The van der Waals surface area contributed by atoms with Crippen molar-refractivity contribution in [2.75, 3.05) is 13.1 Å². The highest BCUT2D eigenvalue weighted by molar-refractivity contribution is 5.92. The van der Waals surface area contributed by atoms with Gasteiger partial charge in [0.2, 0.25) is 6.10 Å².